The normalized spacial score (nSPS) is 17.1. The second-order valence-electron chi connectivity index (χ2n) is 5.81. The van der Waals surface area contributed by atoms with Crippen molar-refractivity contribution in [3.8, 4) is 11.8 Å². The summed E-state index contributed by atoms with van der Waals surface area (Å²) in [5.74, 6) is 0.871. The van der Waals surface area contributed by atoms with Gasteiger partial charge in [-0.2, -0.15) is 5.26 Å². The number of methoxy groups -OCH3 is 1. The smallest absolute Gasteiger partial charge is 0.118 e. The van der Waals surface area contributed by atoms with Crippen LogP contribution in [-0.2, 0) is 0 Å². The average Bonchev–Trinajstić information content (AvgIpc) is 3.06. The minimum Gasteiger partial charge on any atom is -0.497 e. The molecule has 0 saturated carbocycles. The Morgan fingerprint density at radius 2 is 1.96 bits per heavy atom. The highest BCUT2D eigenvalue weighted by molar-refractivity contribution is 6.32. The summed E-state index contributed by atoms with van der Waals surface area (Å²) in [6, 6.07) is 14.6. The van der Waals surface area contributed by atoms with Crippen molar-refractivity contribution in [3.05, 3.63) is 58.1 Å². The third-order valence-electron chi connectivity index (χ3n) is 4.54. The first kappa shape index (κ1) is 15.7. The van der Waals surface area contributed by atoms with Crippen molar-refractivity contribution < 1.29 is 4.74 Å². The summed E-state index contributed by atoms with van der Waals surface area (Å²) in [5.41, 5.74) is 3.91. The van der Waals surface area contributed by atoms with Crippen LogP contribution in [0.1, 0.15) is 35.6 Å². The highest BCUT2D eigenvalue weighted by Crippen LogP contribution is 2.40. The van der Waals surface area contributed by atoms with Gasteiger partial charge in [-0.1, -0.05) is 23.7 Å². The molecule has 2 aromatic rings. The minimum atomic E-state index is 0.337. The lowest BCUT2D eigenvalue weighted by Gasteiger charge is -2.29. The van der Waals surface area contributed by atoms with Crippen LogP contribution < -0.4 is 9.64 Å². The van der Waals surface area contributed by atoms with Crippen LogP contribution in [-0.4, -0.2) is 13.7 Å². The maximum absolute atomic E-state index is 9.12. The molecule has 1 heterocycles. The zero-order chi connectivity index (χ0) is 16.4. The van der Waals surface area contributed by atoms with Gasteiger partial charge in [0.15, 0.2) is 0 Å². The van der Waals surface area contributed by atoms with Gasteiger partial charge in [-0.3, -0.25) is 0 Å². The Kier molecular flexibility index (Phi) is 4.45. The molecule has 1 saturated heterocycles. The Labute approximate surface area is 142 Å². The van der Waals surface area contributed by atoms with Crippen LogP contribution in [0, 0.1) is 18.3 Å². The van der Waals surface area contributed by atoms with Gasteiger partial charge in [0, 0.05) is 12.2 Å². The number of anilines is 1. The first-order valence-electron chi connectivity index (χ1n) is 7.75. The van der Waals surface area contributed by atoms with Crippen molar-refractivity contribution in [1.29, 1.82) is 5.26 Å². The molecule has 0 N–H and O–H groups in total. The molecule has 0 spiro atoms. The Hall–Kier alpha value is -2.18. The molecule has 1 unspecified atom stereocenters. The molecular formula is C19H19ClN2O. The number of benzene rings is 2. The van der Waals surface area contributed by atoms with E-state index < -0.39 is 0 Å². The molecule has 1 aliphatic rings. The van der Waals surface area contributed by atoms with E-state index >= 15 is 0 Å². The first-order valence-corrected chi connectivity index (χ1v) is 8.13. The highest BCUT2D eigenvalue weighted by Gasteiger charge is 2.28. The second kappa shape index (κ2) is 6.52. The molecule has 23 heavy (non-hydrogen) atoms. The van der Waals surface area contributed by atoms with Crippen molar-refractivity contribution in [2.45, 2.75) is 25.8 Å². The predicted molar refractivity (Wildman–Crippen MR) is 93.2 cm³/mol. The van der Waals surface area contributed by atoms with Gasteiger partial charge in [0.05, 0.1) is 23.7 Å². The van der Waals surface area contributed by atoms with Crippen molar-refractivity contribution >= 4 is 17.3 Å². The Morgan fingerprint density at radius 3 is 2.61 bits per heavy atom. The van der Waals surface area contributed by atoms with E-state index in [4.69, 9.17) is 21.6 Å². The van der Waals surface area contributed by atoms with Crippen molar-refractivity contribution in [1.82, 2.24) is 0 Å². The van der Waals surface area contributed by atoms with Gasteiger partial charge in [-0.15, -0.1) is 0 Å². The van der Waals surface area contributed by atoms with E-state index in [0.29, 0.717) is 16.6 Å². The topological polar surface area (TPSA) is 36.3 Å². The molecule has 4 heteroatoms. The quantitative estimate of drug-likeness (QED) is 0.807. The molecule has 0 aromatic heterocycles. The highest BCUT2D eigenvalue weighted by atomic mass is 35.5. The predicted octanol–water partition coefficient (Wildman–Crippen LogP) is 4.87. The number of nitriles is 1. The molecular weight excluding hydrogens is 308 g/mol. The number of hydrogen-bond acceptors (Lipinski definition) is 3. The molecule has 3 nitrogen and oxygen atoms in total. The lowest BCUT2D eigenvalue weighted by Crippen LogP contribution is -2.23. The molecule has 0 bridgehead atoms. The lowest BCUT2D eigenvalue weighted by atomic mass is 10.0. The van der Waals surface area contributed by atoms with E-state index in [9.17, 15) is 0 Å². The standard InChI is InChI=1S/C19H19ClN2O/c1-13-17(10-7-15(12-21)19(13)20)22-11-3-4-18(22)14-5-8-16(23-2)9-6-14/h5-10,18H,3-4,11H2,1-2H3. The van der Waals surface area contributed by atoms with Crippen LogP contribution in [0.25, 0.3) is 0 Å². The summed E-state index contributed by atoms with van der Waals surface area (Å²) in [5, 5.41) is 9.68. The minimum absolute atomic E-state index is 0.337. The summed E-state index contributed by atoms with van der Waals surface area (Å²) in [4.78, 5) is 2.39. The van der Waals surface area contributed by atoms with Crippen LogP contribution in [0.3, 0.4) is 0 Å². The maximum atomic E-state index is 9.12. The average molecular weight is 327 g/mol. The van der Waals surface area contributed by atoms with Crippen molar-refractivity contribution in [2.24, 2.45) is 0 Å². The third-order valence-corrected chi connectivity index (χ3v) is 5.03. The molecule has 0 radical (unpaired) electrons. The monoisotopic (exact) mass is 326 g/mol. The SMILES string of the molecule is COc1ccc(C2CCCN2c2ccc(C#N)c(Cl)c2C)cc1. The number of nitrogens with zero attached hydrogens (tertiary/aromatic N) is 2. The van der Waals surface area contributed by atoms with Crippen LogP contribution in [0.5, 0.6) is 5.75 Å². The zero-order valence-electron chi connectivity index (χ0n) is 13.3. The summed E-state index contributed by atoms with van der Waals surface area (Å²) in [6.07, 6.45) is 2.26. The summed E-state index contributed by atoms with van der Waals surface area (Å²) < 4.78 is 5.24. The van der Waals surface area contributed by atoms with Crippen LogP contribution >= 0.6 is 11.6 Å². The summed E-state index contributed by atoms with van der Waals surface area (Å²) in [7, 11) is 1.68. The van der Waals surface area contributed by atoms with E-state index in [-0.39, 0.29) is 0 Å². The third kappa shape index (κ3) is 2.87. The Bertz CT molecular complexity index is 749. The van der Waals surface area contributed by atoms with Gasteiger partial charge >= 0.3 is 0 Å². The van der Waals surface area contributed by atoms with E-state index in [1.54, 1.807) is 7.11 Å². The van der Waals surface area contributed by atoms with Gasteiger partial charge in [0.1, 0.15) is 11.8 Å². The van der Waals surface area contributed by atoms with Crippen LogP contribution in [0.4, 0.5) is 5.69 Å². The maximum Gasteiger partial charge on any atom is 0.118 e. The van der Waals surface area contributed by atoms with E-state index in [1.807, 2.05) is 31.2 Å². The number of hydrogen-bond donors (Lipinski definition) is 0. The number of ether oxygens (including phenoxy) is 1. The Balaban J connectivity index is 1.95. The van der Waals surface area contributed by atoms with Gasteiger partial charge in [-0.05, 0) is 55.2 Å². The molecule has 0 amide bonds. The van der Waals surface area contributed by atoms with Gasteiger partial charge in [-0.25, -0.2) is 0 Å². The van der Waals surface area contributed by atoms with E-state index in [0.717, 1.165) is 36.4 Å². The van der Waals surface area contributed by atoms with Crippen LogP contribution in [0.2, 0.25) is 5.02 Å². The Morgan fingerprint density at radius 1 is 1.22 bits per heavy atom. The summed E-state index contributed by atoms with van der Waals surface area (Å²) >= 11 is 6.34. The second-order valence-corrected chi connectivity index (χ2v) is 6.19. The fourth-order valence-corrected chi connectivity index (χ4v) is 3.50. The fraction of sp³-hybridized carbons (Fsp3) is 0.316. The molecule has 1 aliphatic heterocycles. The number of halogens is 1. The van der Waals surface area contributed by atoms with Gasteiger partial charge in [0.2, 0.25) is 0 Å². The van der Waals surface area contributed by atoms with E-state index in [2.05, 4.69) is 23.1 Å². The largest absolute Gasteiger partial charge is 0.497 e. The molecule has 2 aromatic carbocycles. The summed E-state index contributed by atoms with van der Waals surface area (Å²) in [6.45, 7) is 2.99. The van der Waals surface area contributed by atoms with Gasteiger partial charge in [0.25, 0.3) is 0 Å². The number of rotatable bonds is 3. The molecule has 1 fully saturated rings. The van der Waals surface area contributed by atoms with Gasteiger partial charge < -0.3 is 9.64 Å². The zero-order valence-corrected chi connectivity index (χ0v) is 14.1. The fourth-order valence-electron chi connectivity index (χ4n) is 3.30. The lowest BCUT2D eigenvalue weighted by molar-refractivity contribution is 0.414. The van der Waals surface area contributed by atoms with Crippen LogP contribution in [0.15, 0.2) is 36.4 Å². The van der Waals surface area contributed by atoms with Crippen molar-refractivity contribution in [2.75, 3.05) is 18.6 Å². The molecule has 3 rings (SSSR count). The molecule has 1 atom stereocenters. The molecule has 0 aliphatic carbocycles. The van der Waals surface area contributed by atoms with E-state index in [1.165, 1.54) is 5.56 Å². The first-order chi connectivity index (χ1) is 11.2. The molecule has 118 valence electrons. The van der Waals surface area contributed by atoms with Crippen molar-refractivity contribution in [3.63, 3.8) is 0 Å².